The third-order valence-electron chi connectivity index (χ3n) is 3.84. The number of hydrogen-bond acceptors (Lipinski definition) is 2. The number of rotatable bonds is 3. The van der Waals surface area contributed by atoms with E-state index in [1.807, 2.05) is 58.7 Å². The van der Waals surface area contributed by atoms with E-state index in [4.69, 9.17) is 0 Å². The molecule has 0 saturated carbocycles. The molecule has 0 radical (unpaired) electrons. The van der Waals surface area contributed by atoms with Crippen molar-refractivity contribution in [3.8, 4) is 0 Å². The second kappa shape index (κ2) is 6.18. The maximum atomic E-state index is 12.4. The Morgan fingerprint density at radius 3 is 2.52 bits per heavy atom. The van der Waals surface area contributed by atoms with E-state index < -0.39 is 0 Å². The number of benzene rings is 1. The van der Waals surface area contributed by atoms with Crippen molar-refractivity contribution < 1.29 is 4.79 Å². The van der Waals surface area contributed by atoms with Gasteiger partial charge in [0.05, 0.1) is 18.6 Å². The van der Waals surface area contributed by atoms with E-state index in [0.29, 0.717) is 6.54 Å². The molecule has 1 aromatic heterocycles. The fourth-order valence-corrected chi connectivity index (χ4v) is 2.45. The summed E-state index contributed by atoms with van der Waals surface area (Å²) in [6.07, 6.45) is 1.79. The maximum absolute atomic E-state index is 12.4. The predicted molar refractivity (Wildman–Crippen MR) is 84.8 cm³/mol. The zero-order chi connectivity index (χ0) is 14.1. The summed E-state index contributed by atoms with van der Waals surface area (Å²) in [5.41, 5.74) is 3.03. The molecule has 1 aliphatic heterocycles. The average molecular weight is 307 g/mol. The van der Waals surface area contributed by atoms with Gasteiger partial charge in [0.2, 0.25) is 0 Å². The topological polar surface area (TPSA) is 41.4 Å². The van der Waals surface area contributed by atoms with Crippen molar-refractivity contribution in [2.24, 2.45) is 7.05 Å². The van der Waals surface area contributed by atoms with E-state index in [0.717, 1.165) is 30.2 Å². The Labute approximate surface area is 130 Å². The van der Waals surface area contributed by atoms with Gasteiger partial charge in [-0.2, -0.15) is 0 Å². The van der Waals surface area contributed by atoms with Crippen molar-refractivity contribution in [2.75, 3.05) is 18.0 Å². The summed E-state index contributed by atoms with van der Waals surface area (Å²) in [7, 11) is 1.97. The highest BCUT2D eigenvalue weighted by Crippen LogP contribution is 2.21. The van der Waals surface area contributed by atoms with Crippen molar-refractivity contribution in [1.82, 2.24) is 14.5 Å². The maximum Gasteiger partial charge on any atom is 0.324 e. The number of hydrogen-bond donors (Lipinski definition) is 0. The molecule has 0 aliphatic carbocycles. The number of para-hydroxylation sites is 1. The number of anilines is 1. The van der Waals surface area contributed by atoms with Gasteiger partial charge < -0.3 is 9.47 Å². The minimum absolute atomic E-state index is 0. The Bertz CT molecular complexity index is 626. The molecule has 1 aliphatic rings. The first-order valence-electron chi connectivity index (χ1n) is 6.75. The molecule has 112 valence electrons. The zero-order valence-electron chi connectivity index (χ0n) is 12.2. The average Bonchev–Trinajstić information content (AvgIpc) is 2.98. The van der Waals surface area contributed by atoms with E-state index in [1.54, 1.807) is 6.33 Å². The molecule has 1 fully saturated rings. The van der Waals surface area contributed by atoms with Crippen LogP contribution in [0.5, 0.6) is 0 Å². The van der Waals surface area contributed by atoms with Crippen molar-refractivity contribution in [3.05, 3.63) is 48.0 Å². The molecular formula is C15H19ClN4O. The first-order valence-corrected chi connectivity index (χ1v) is 6.75. The Morgan fingerprint density at radius 2 is 1.90 bits per heavy atom. The van der Waals surface area contributed by atoms with Crippen LogP contribution in [-0.2, 0) is 13.6 Å². The van der Waals surface area contributed by atoms with Crippen LogP contribution in [0.15, 0.2) is 36.7 Å². The summed E-state index contributed by atoms with van der Waals surface area (Å²) < 4.78 is 1.98. The molecule has 0 spiro atoms. The number of aromatic nitrogens is 2. The van der Waals surface area contributed by atoms with Crippen molar-refractivity contribution in [3.63, 3.8) is 0 Å². The van der Waals surface area contributed by atoms with Gasteiger partial charge >= 0.3 is 6.03 Å². The van der Waals surface area contributed by atoms with Gasteiger partial charge in [0, 0.05) is 31.5 Å². The summed E-state index contributed by atoms with van der Waals surface area (Å²) in [6, 6.07) is 9.85. The van der Waals surface area contributed by atoms with E-state index >= 15 is 0 Å². The lowest BCUT2D eigenvalue weighted by molar-refractivity contribution is 0.218. The highest BCUT2D eigenvalue weighted by molar-refractivity contribution is 5.94. The lowest BCUT2D eigenvalue weighted by Gasteiger charge is -2.18. The van der Waals surface area contributed by atoms with Gasteiger partial charge in [0.1, 0.15) is 0 Å². The van der Waals surface area contributed by atoms with Crippen molar-refractivity contribution in [1.29, 1.82) is 0 Å². The van der Waals surface area contributed by atoms with Gasteiger partial charge in [0.15, 0.2) is 0 Å². The minimum Gasteiger partial charge on any atom is -0.338 e. The SMILES string of the molecule is Cc1c(CN2CCN(c3ccccc3)C2=O)ncn1C.Cl. The van der Waals surface area contributed by atoms with Gasteiger partial charge in [-0.1, -0.05) is 18.2 Å². The standard InChI is InChI=1S/C15H18N4O.ClH/c1-12-14(16-11-17(12)2)10-18-8-9-19(15(18)20)13-6-4-3-5-7-13;/h3-7,11H,8-10H2,1-2H3;1H. The number of amides is 2. The zero-order valence-corrected chi connectivity index (χ0v) is 13.0. The van der Waals surface area contributed by atoms with E-state index in [1.165, 1.54) is 0 Å². The number of carbonyl (C=O) groups is 1. The molecule has 2 amide bonds. The Kier molecular flexibility index (Phi) is 4.53. The van der Waals surface area contributed by atoms with Crippen molar-refractivity contribution >= 4 is 24.1 Å². The Hall–Kier alpha value is -2.01. The first-order chi connectivity index (χ1) is 9.66. The molecular weight excluding hydrogens is 288 g/mol. The smallest absolute Gasteiger partial charge is 0.324 e. The van der Waals surface area contributed by atoms with E-state index in [2.05, 4.69) is 4.98 Å². The van der Waals surface area contributed by atoms with Crippen LogP contribution in [-0.4, -0.2) is 33.6 Å². The van der Waals surface area contributed by atoms with E-state index in [9.17, 15) is 4.79 Å². The molecule has 2 heterocycles. The quantitative estimate of drug-likeness (QED) is 0.874. The van der Waals surface area contributed by atoms with Gasteiger partial charge in [-0.25, -0.2) is 9.78 Å². The number of halogens is 1. The van der Waals surface area contributed by atoms with Crippen LogP contribution >= 0.6 is 12.4 Å². The molecule has 2 aromatic rings. The Morgan fingerprint density at radius 1 is 1.19 bits per heavy atom. The molecule has 21 heavy (non-hydrogen) atoms. The van der Waals surface area contributed by atoms with Gasteiger partial charge in [-0.3, -0.25) is 4.90 Å². The number of aryl methyl sites for hydroxylation is 1. The van der Waals surface area contributed by atoms with Crippen LogP contribution < -0.4 is 4.90 Å². The van der Waals surface area contributed by atoms with Crippen LogP contribution in [0.1, 0.15) is 11.4 Å². The molecule has 5 nitrogen and oxygen atoms in total. The monoisotopic (exact) mass is 306 g/mol. The normalized spacial score (nSPS) is 14.5. The molecule has 0 N–H and O–H groups in total. The molecule has 1 aromatic carbocycles. The fourth-order valence-electron chi connectivity index (χ4n) is 2.45. The molecule has 0 bridgehead atoms. The van der Waals surface area contributed by atoms with Gasteiger partial charge in [-0.05, 0) is 19.1 Å². The first kappa shape index (κ1) is 15.4. The summed E-state index contributed by atoms with van der Waals surface area (Å²) >= 11 is 0. The molecule has 3 rings (SSSR count). The summed E-state index contributed by atoms with van der Waals surface area (Å²) in [5.74, 6) is 0. The molecule has 0 atom stereocenters. The second-order valence-corrected chi connectivity index (χ2v) is 5.08. The third-order valence-corrected chi connectivity index (χ3v) is 3.84. The highest BCUT2D eigenvalue weighted by Gasteiger charge is 2.30. The molecule has 6 heteroatoms. The largest absolute Gasteiger partial charge is 0.338 e. The van der Waals surface area contributed by atoms with Gasteiger partial charge in [-0.15, -0.1) is 12.4 Å². The van der Waals surface area contributed by atoms with Gasteiger partial charge in [0.25, 0.3) is 0 Å². The number of carbonyl (C=O) groups excluding carboxylic acids is 1. The van der Waals surface area contributed by atoms with Crippen LogP contribution in [0.3, 0.4) is 0 Å². The fraction of sp³-hybridized carbons (Fsp3) is 0.333. The van der Waals surface area contributed by atoms with E-state index in [-0.39, 0.29) is 18.4 Å². The van der Waals surface area contributed by atoms with Crippen LogP contribution in [0.25, 0.3) is 0 Å². The second-order valence-electron chi connectivity index (χ2n) is 5.08. The highest BCUT2D eigenvalue weighted by atomic mass is 35.5. The van der Waals surface area contributed by atoms with Crippen LogP contribution in [0, 0.1) is 6.92 Å². The lowest BCUT2D eigenvalue weighted by Crippen LogP contribution is -2.31. The Balaban J connectivity index is 0.00000161. The molecule has 1 saturated heterocycles. The van der Waals surface area contributed by atoms with Crippen LogP contribution in [0.2, 0.25) is 0 Å². The lowest BCUT2D eigenvalue weighted by atomic mass is 10.3. The minimum atomic E-state index is 0. The number of urea groups is 1. The summed E-state index contributed by atoms with van der Waals surface area (Å²) in [5, 5.41) is 0. The number of nitrogens with zero attached hydrogens (tertiary/aromatic N) is 4. The predicted octanol–water partition coefficient (Wildman–Crippen LogP) is 2.59. The molecule has 0 unspecified atom stereocenters. The van der Waals surface area contributed by atoms with Crippen LogP contribution in [0.4, 0.5) is 10.5 Å². The third kappa shape index (κ3) is 2.88. The number of imidazole rings is 1. The van der Waals surface area contributed by atoms with Crippen molar-refractivity contribution in [2.45, 2.75) is 13.5 Å². The summed E-state index contributed by atoms with van der Waals surface area (Å²) in [4.78, 5) is 20.5. The summed E-state index contributed by atoms with van der Waals surface area (Å²) in [6.45, 7) is 4.07.